The molecule has 1 aliphatic rings. The van der Waals surface area contributed by atoms with E-state index in [0.29, 0.717) is 9.93 Å². The molecule has 1 aromatic heterocycles. The zero-order valence-electron chi connectivity index (χ0n) is 16.5. The van der Waals surface area contributed by atoms with Crippen LogP contribution in [0.3, 0.4) is 0 Å². The Bertz CT molecular complexity index is 1150. The second-order valence-electron chi connectivity index (χ2n) is 6.84. The molecule has 2 amide bonds. The molecule has 0 radical (unpaired) electrons. The fourth-order valence-corrected chi connectivity index (χ4v) is 4.32. The first-order valence-electron chi connectivity index (χ1n) is 9.28. The minimum Gasteiger partial charge on any atom is -0.497 e. The predicted molar refractivity (Wildman–Crippen MR) is 120 cm³/mol. The molecule has 0 aliphatic carbocycles. The van der Waals surface area contributed by atoms with Crippen molar-refractivity contribution in [2.75, 3.05) is 7.11 Å². The lowest BCUT2D eigenvalue weighted by Gasteiger charge is -2.13. The van der Waals surface area contributed by atoms with Crippen LogP contribution in [0.2, 0.25) is 5.02 Å². The molecule has 5 nitrogen and oxygen atoms in total. The van der Waals surface area contributed by atoms with E-state index in [-0.39, 0.29) is 17.7 Å². The van der Waals surface area contributed by atoms with Crippen LogP contribution in [-0.4, -0.2) is 27.7 Å². The van der Waals surface area contributed by atoms with E-state index in [1.54, 1.807) is 19.3 Å². The van der Waals surface area contributed by atoms with Crippen LogP contribution < -0.4 is 4.74 Å². The van der Waals surface area contributed by atoms with Crippen LogP contribution in [0.15, 0.2) is 65.7 Å². The van der Waals surface area contributed by atoms with Crippen molar-refractivity contribution in [1.29, 1.82) is 0 Å². The summed E-state index contributed by atoms with van der Waals surface area (Å²) < 4.78 is 7.23. The third-order valence-electron chi connectivity index (χ3n) is 4.84. The predicted octanol–water partition coefficient (Wildman–Crippen LogP) is 5.68. The number of amides is 2. The normalized spacial score (nSPS) is 15.3. The Balaban J connectivity index is 1.57. The molecule has 0 bridgehead atoms. The average molecular weight is 439 g/mol. The second-order valence-corrected chi connectivity index (χ2v) is 8.24. The molecule has 0 atom stereocenters. The van der Waals surface area contributed by atoms with Crippen LogP contribution in [0.5, 0.6) is 5.75 Å². The van der Waals surface area contributed by atoms with Crippen molar-refractivity contribution in [1.82, 2.24) is 9.47 Å². The molecule has 2 aromatic carbocycles. The largest absolute Gasteiger partial charge is 0.497 e. The monoisotopic (exact) mass is 438 g/mol. The molecule has 1 fully saturated rings. The first-order chi connectivity index (χ1) is 14.5. The fourth-order valence-electron chi connectivity index (χ4n) is 3.28. The van der Waals surface area contributed by atoms with Crippen molar-refractivity contribution in [3.8, 4) is 11.4 Å². The maximum Gasteiger partial charge on any atom is 0.293 e. The fraction of sp³-hybridized carbons (Fsp3) is 0.130. The molecule has 3 aromatic rings. The van der Waals surface area contributed by atoms with Gasteiger partial charge in [-0.2, -0.15) is 0 Å². The van der Waals surface area contributed by atoms with Gasteiger partial charge in [0.15, 0.2) is 0 Å². The first-order valence-corrected chi connectivity index (χ1v) is 10.5. The van der Waals surface area contributed by atoms with Gasteiger partial charge in [0.1, 0.15) is 5.75 Å². The SMILES string of the molecule is COc1ccc(-n2cc(/C=C3/SC(=O)N(Cc4ccccc4Cl)C3=O)cc2C)cc1. The number of imide groups is 1. The highest BCUT2D eigenvalue weighted by Gasteiger charge is 2.35. The van der Waals surface area contributed by atoms with Crippen molar-refractivity contribution in [2.45, 2.75) is 13.5 Å². The van der Waals surface area contributed by atoms with E-state index < -0.39 is 0 Å². The summed E-state index contributed by atoms with van der Waals surface area (Å²) in [5, 5.41) is 0.241. The minimum absolute atomic E-state index is 0.160. The summed E-state index contributed by atoms with van der Waals surface area (Å²) >= 11 is 7.13. The van der Waals surface area contributed by atoms with Crippen LogP contribution in [0.25, 0.3) is 11.8 Å². The Morgan fingerprint density at radius 2 is 1.83 bits per heavy atom. The van der Waals surface area contributed by atoms with Crippen molar-refractivity contribution >= 4 is 40.6 Å². The molecule has 152 valence electrons. The van der Waals surface area contributed by atoms with Crippen molar-refractivity contribution < 1.29 is 14.3 Å². The zero-order valence-corrected chi connectivity index (χ0v) is 18.0. The minimum atomic E-state index is -0.306. The van der Waals surface area contributed by atoms with Gasteiger partial charge in [-0.05, 0) is 72.3 Å². The van der Waals surface area contributed by atoms with E-state index in [9.17, 15) is 9.59 Å². The van der Waals surface area contributed by atoms with Crippen molar-refractivity contribution in [3.63, 3.8) is 0 Å². The number of carbonyl (C=O) groups is 2. The number of aromatic nitrogens is 1. The van der Waals surface area contributed by atoms with E-state index >= 15 is 0 Å². The Hall–Kier alpha value is -2.96. The van der Waals surface area contributed by atoms with Gasteiger partial charge in [0.2, 0.25) is 0 Å². The molecule has 0 unspecified atom stereocenters. The molecule has 0 saturated carbocycles. The number of thioether (sulfide) groups is 1. The maximum absolute atomic E-state index is 12.8. The third-order valence-corrected chi connectivity index (χ3v) is 6.12. The van der Waals surface area contributed by atoms with Gasteiger partial charge in [0.25, 0.3) is 11.1 Å². The number of rotatable bonds is 5. The van der Waals surface area contributed by atoms with Gasteiger partial charge in [-0.3, -0.25) is 14.5 Å². The molecule has 0 N–H and O–H groups in total. The van der Waals surface area contributed by atoms with E-state index in [1.807, 2.05) is 66.2 Å². The summed E-state index contributed by atoms with van der Waals surface area (Å²) in [6.07, 6.45) is 3.70. The highest BCUT2D eigenvalue weighted by atomic mass is 35.5. The maximum atomic E-state index is 12.8. The van der Waals surface area contributed by atoms with Crippen LogP contribution in [0, 0.1) is 6.92 Å². The molecular weight excluding hydrogens is 420 g/mol. The highest BCUT2D eigenvalue weighted by molar-refractivity contribution is 8.18. The van der Waals surface area contributed by atoms with E-state index in [1.165, 1.54) is 4.90 Å². The summed E-state index contributed by atoms with van der Waals surface area (Å²) in [5.41, 5.74) is 3.59. The molecule has 2 heterocycles. The van der Waals surface area contributed by atoms with Gasteiger partial charge in [-0.15, -0.1) is 0 Å². The van der Waals surface area contributed by atoms with Gasteiger partial charge < -0.3 is 9.30 Å². The number of nitrogens with zero attached hydrogens (tertiary/aromatic N) is 2. The van der Waals surface area contributed by atoms with Gasteiger partial charge in [-0.25, -0.2) is 0 Å². The summed E-state index contributed by atoms with van der Waals surface area (Å²) in [6, 6.07) is 16.9. The van der Waals surface area contributed by atoms with Crippen molar-refractivity contribution in [3.05, 3.63) is 87.5 Å². The summed E-state index contributed by atoms with van der Waals surface area (Å²) in [4.78, 5) is 26.9. The standard InChI is InChI=1S/C23H19ClN2O3S/c1-15-11-16(13-25(15)18-7-9-19(29-2)10-8-18)12-21-22(27)26(23(28)30-21)14-17-5-3-4-6-20(17)24/h3-13H,14H2,1-2H3/b21-12+. The number of hydrogen-bond donors (Lipinski definition) is 0. The van der Waals surface area contributed by atoms with E-state index in [4.69, 9.17) is 16.3 Å². The number of hydrogen-bond acceptors (Lipinski definition) is 4. The molecular formula is C23H19ClN2O3S. The quantitative estimate of drug-likeness (QED) is 0.480. The third kappa shape index (κ3) is 4.01. The number of carbonyl (C=O) groups excluding carboxylic acids is 2. The van der Waals surface area contributed by atoms with E-state index in [0.717, 1.165) is 40.0 Å². The Morgan fingerprint density at radius 1 is 1.10 bits per heavy atom. The van der Waals surface area contributed by atoms with Gasteiger partial charge in [0, 0.05) is 22.6 Å². The smallest absolute Gasteiger partial charge is 0.293 e. The molecule has 30 heavy (non-hydrogen) atoms. The number of halogens is 1. The van der Waals surface area contributed by atoms with Crippen LogP contribution >= 0.6 is 23.4 Å². The first kappa shape index (κ1) is 20.3. The summed E-state index contributed by atoms with van der Waals surface area (Å²) in [6.45, 7) is 2.15. The number of aryl methyl sites for hydroxylation is 1. The molecule has 7 heteroatoms. The molecule has 0 spiro atoms. The lowest BCUT2D eigenvalue weighted by Crippen LogP contribution is -2.27. The average Bonchev–Trinajstić information content (AvgIpc) is 3.23. The number of methoxy groups -OCH3 is 1. The van der Waals surface area contributed by atoms with Gasteiger partial charge >= 0.3 is 0 Å². The summed E-state index contributed by atoms with van der Waals surface area (Å²) in [7, 11) is 1.63. The van der Waals surface area contributed by atoms with Crippen molar-refractivity contribution in [2.24, 2.45) is 0 Å². The Labute approximate surface area is 183 Å². The molecule has 4 rings (SSSR count). The highest BCUT2D eigenvalue weighted by Crippen LogP contribution is 2.34. The second kappa shape index (κ2) is 8.42. The topological polar surface area (TPSA) is 51.5 Å². The number of ether oxygens (including phenoxy) is 1. The molecule has 1 saturated heterocycles. The van der Waals surface area contributed by atoms with Crippen LogP contribution in [0.4, 0.5) is 4.79 Å². The lowest BCUT2D eigenvalue weighted by molar-refractivity contribution is -0.123. The van der Waals surface area contributed by atoms with Gasteiger partial charge in [-0.1, -0.05) is 29.8 Å². The number of benzene rings is 2. The molecule has 1 aliphatic heterocycles. The Morgan fingerprint density at radius 3 is 2.53 bits per heavy atom. The Kier molecular flexibility index (Phi) is 5.70. The van der Waals surface area contributed by atoms with E-state index in [2.05, 4.69) is 0 Å². The van der Waals surface area contributed by atoms with Crippen LogP contribution in [0.1, 0.15) is 16.8 Å². The zero-order chi connectivity index (χ0) is 21.3. The lowest BCUT2D eigenvalue weighted by atomic mass is 10.2. The van der Waals surface area contributed by atoms with Crippen LogP contribution in [-0.2, 0) is 11.3 Å². The summed E-state index contributed by atoms with van der Waals surface area (Å²) in [5.74, 6) is 0.482. The van der Waals surface area contributed by atoms with Gasteiger partial charge in [0.05, 0.1) is 18.6 Å².